The highest BCUT2D eigenvalue weighted by Crippen LogP contribution is 2.25. The van der Waals surface area contributed by atoms with Crippen LogP contribution in [0.3, 0.4) is 0 Å². The molecular formula is C24H21N5OS. The van der Waals surface area contributed by atoms with Crippen LogP contribution in [0.5, 0.6) is 0 Å². The Labute approximate surface area is 184 Å². The second kappa shape index (κ2) is 9.37. The average Bonchev–Trinajstić information content (AvgIpc) is 3.43. The van der Waals surface area contributed by atoms with E-state index < -0.39 is 0 Å². The fourth-order valence-electron chi connectivity index (χ4n) is 3.39. The van der Waals surface area contributed by atoms with Crippen molar-refractivity contribution in [3.63, 3.8) is 0 Å². The monoisotopic (exact) mass is 427 g/mol. The van der Waals surface area contributed by atoms with Crippen LogP contribution in [0, 0.1) is 11.3 Å². The van der Waals surface area contributed by atoms with Gasteiger partial charge in [0.1, 0.15) is 5.01 Å². The third kappa shape index (κ3) is 4.71. The molecule has 1 N–H and O–H groups in total. The number of nitrogens with zero attached hydrogens (tertiary/aromatic N) is 4. The third-order valence-electron chi connectivity index (χ3n) is 4.93. The van der Waals surface area contributed by atoms with Gasteiger partial charge in [-0.05, 0) is 31.2 Å². The lowest BCUT2D eigenvalue weighted by atomic mass is 10.1. The smallest absolute Gasteiger partial charge is 0.244 e. The first-order valence-electron chi connectivity index (χ1n) is 9.95. The second-order valence-corrected chi connectivity index (χ2v) is 7.96. The fraction of sp³-hybridized carbons (Fsp3) is 0.167. The predicted octanol–water partition coefficient (Wildman–Crippen LogP) is 4.96. The lowest BCUT2D eigenvalue weighted by molar-refractivity contribution is -0.117. The van der Waals surface area contributed by atoms with Crippen molar-refractivity contribution in [3.8, 4) is 17.3 Å². The highest BCUT2D eigenvalue weighted by atomic mass is 32.1. The molecule has 0 aliphatic rings. The molecule has 0 aliphatic carbocycles. The molecule has 0 spiro atoms. The summed E-state index contributed by atoms with van der Waals surface area (Å²) in [6.07, 6.45) is 9.26. The van der Waals surface area contributed by atoms with E-state index >= 15 is 0 Å². The number of benzene rings is 1. The summed E-state index contributed by atoms with van der Waals surface area (Å²) in [7, 11) is 0. The van der Waals surface area contributed by atoms with Gasteiger partial charge in [0.05, 0.1) is 24.2 Å². The van der Waals surface area contributed by atoms with Crippen molar-refractivity contribution in [2.45, 2.75) is 25.9 Å². The number of thiazole rings is 1. The zero-order valence-electron chi connectivity index (χ0n) is 17.0. The number of nitriles is 1. The molecule has 154 valence electrons. The van der Waals surface area contributed by atoms with Gasteiger partial charge in [0, 0.05) is 58.6 Å². The van der Waals surface area contributed by atoms with E-state index in [4.69, 9.17) is 5.26 Å². The molecule has 1 amide bonds. The maximum atomic E-state index is 12.5. The number of aromatic nitrogens is 3. The summed E-state index contributed by atoms with van der Waals surface area (Å²) in [4.78, 5) is 21.2. The van der Waals surface area contributed by atoms with Crippen LogP contribution in [0.25, 0.3) is 28.2 Å². The van der Waals surface area contributed by atoms with Gasteiger partial charge in [-0.3, -0.25) is 9.78 Å². The first-order valence-corrected chi connectivity index (χ1v) is 10.8. The van der Waals surface area contributed by atoms with E-state index in [1.807, 2.05) is 61.0 Å². The van der Waals surface area contributed by atoms with Gasteiger partial charge in [0.2, 0.25) is 5.91 Å². The molecule has 0 saturated heterocycles. The topological polar surface area (TPSA) is 83.6 Å². The first-order chi connectivity index (χ1) is 15.2. The normalized spacial score (nSPS) is 12.1. The maximum Gasteiger partial charge on any atom is 0.244 e. The molecule has 31 heavy (non-hydrogen) atoms. The molecule has 4 aromatic rings. The number of rotatable bonds is 7. The Hall–Kier alpha value is -3.76. The lowest BCUT2D eigenvalue weighted by Gasteiger charge is -2.08. The number of pyridine rings is 1. The van der Waals surface area contributed by atoms with E-state index in [-0.39, 0.29) is 11.9 Å². The first kappa shape index (κ1) is 20.5. The minimum absolute atomic E-state index is 0.179. The molecule has 0 radical (unpaired) electrons. The quantitative estimate of drug-likeness (QED) is 0.422. The zero-order valence-corrected chi connectivity index (χ0v) is 17.8. The van der Waals surface area contributed by atoms with Gasteiger partial charge in [0.15, 0.2) is 0 Å². The molecule has 1 atom stereocenters. The molecule has 0 saturated carbocycles. The Morgan fingerprint density at radius 1 is 1.29 bits per heavy atom. The number of fused-ring (bicyclic) bond motifs is 1. The van der Waals surface area contributed by atoms with Crippen LogP contribution in [0.2, 0.25) is 0 Å². The fourth-order valence-corrected chi connectivity index (χ4v) is 4.23. The number of nitrogens with one attached hydrogen (secondary N) is 1. The molecule has 1 aromatic carbocycles. The Morgan fingerprint density at radius 2 is 2.10 bits per heavy atom. The van der Waals surface area contributed by atoms with Crippen molar-refractivity contribution < 1.29 is 4.79 Å². The minimum Gasteiger partial charge on any atom is -0.346 e. The molecule has 6 nitrogen and oxygen atoms in total. The van der Waals surface area contributed by atoms with Crippen molar-refractivity contribution in [1.29, 1.82) is 5.26 Å². The molecule has 0 bridgehead atoms. The van der Waals surface area contributed by atoms with Crippen molar-refractivity contribution in [3.05, 3.63) is 77.0 Å². The largest absolute Gasteiger partial charge is 0.346 e. The molecule has 3 aromatic heterocycles. The second-order valence-electron chi connectivity index (χ2n) is 7.07. The van der Waals surface area contributed by atoms with Crippen molar-refractivity contribution in [2.24, 2.45) is 0 Å². The number of hydrogen-bond acceptors (Lipinski definition) is 5. The van der Waals surface area contributed by atoms with Gasteiger partial charge in [-0.1, -0.05) is 18.2 Å². The predicted molar refractivity (Wildman–Crippen MR) is 123 cm³/mol. The molecule has 3 heterocycles. The van der Waals surface area contributed by atoms with Gasteiger partial charge >= 0.3 is 0 Å². The van der Waals surface area contributed by atoms with E-state index in [1.54, 1.807) is 18.5 Å². The molecule has 4 rings (SSSR count). The van der Waals surface area contributed by atoms with Gasteiger partial charge in [-0.25, -0.2) is 4.98 Å². The number of amides is 1. The summed E-state index contributed by atoms with van der Waals surface area (Å²) in [6.45, 7) is 2.55. The van der Waals surface area contributed by atoms with Gasteiger partial charge < -0.3 is 9.88 Å². The molecule has 7 heteroatoms. The summed E-state index contributed by atoms with van der Waals surface area (Å²) < 4.78 is 2.05. The van der Waals surface area contributed by atoms with Gasteiger partial charge in [0.25, 0.3) is 0 Å². The molecule has 0 aliphatic heterocycles. The third-order valence-corrected chi connectivity index (χ3v) is 5.95. The minimum atomic E-state index is -0.199. The molecular weight excluding hydrogens is 406 g/mol. The standard InChI is InChI=1S/C24H21N5OS/c1-17(24-28-21(16-31-24)18-9-12-26-13-10-18)27-23(30)8-7-19-15-29(14-4-11-25)22-6-3-2-5-20(19)22/h2-3,5-10,12-13,15-17H,4,14H2,1H3,(H,27,30). The van der Waals surface area contributed by atoms with Crippen molar-refractivity contribution in [1.82, 2.24) is 19.9 Å². The van der Waals surface area contributed by atoms with E-state index in [0.29, 0.717) is 13.0 Å². The van der Waals surface area contributed by atoms with E-state index in [2.05, 4.69) is 25.9 Å². The zero-order chi connectivity index (χ0) is 21.6. The Bertz CT molecular complexity index is 1270. The van der Waals surface area contributed by atoms with Crippen LogP contribution in [0.4, 0.5) is 0 Å². The summed E-state index contributed by atoms with van der Waals surface area (Å²) >= 11 is 1.52. The number of carbonyl (C=O) groups is 1. The number of hydrogen-bond donors (Lipinski definition) is 1. The maximum absolute atomic E-state index is 12.5. The van der Waals surface area contributed by atoms with Crippen LogP contribution in [-0.4, -0.2) is 20.4 Å². The number of para-hydroxylation sites is 1. The summed E-state index contributed by atoms with van der Waals surface area (Å²) in [5.74, 6) is -0.179. The van der Waals surface area contributed by atoms with Gasteiger partial charge in [-0.2, -0.15) is 5.26 Å². The summed E-state index contributed by atoms with van der Waals surface area (Å²) in [6, 6.07) is 13.8. The summed E-state index contributed by atoms with van der Waals surface area (Å²) in [5, 5.41) is 15.8. The van der Waals surface area contributed by atoms with Crippen LogP contribution in [-0.2, 0) is 11.3 Å². The molecule has 1 unspecified atom stereocenters. The lowest BCUT2D eigenvalue weighted by Crippen LogP contribution is -2.24. The average molecular weight is 428 g/mol. The summed E-state index contributed by atoms with van der Waals surface area (Å²) in [5.41, 5.74) is 3.89. The molecule has 0 fully saturated rings. The number of carbonyl (C=O) groups excluding carboxylic acids is 1. The van der Waals surface area contributed by atoms with Crippen LogP contribution < -0.4 is 5.32 Å². The Morgan fingerprint density at radius 3 is 2.90 bits per heavy atom. The van der Waals surface area contributed by atoms with Gasteiger partial charge in [-0.15, -0.1) is 11.3 Å². The van der Waals surface area contributed by atoms with Crippen LogP contribution in [0.15, 0.2) is 66.4 Å². The van der Waals surface area contributed by atoms with E-state index in [1.165, 1.54) is 11.3 Å². The van der Waals surface area contributed by atoms with E-state index in [9.17, 15) is 4.79 Å². The Balaban J connectivity index is 1.45. The highest BCUT2D eigenvalue weighted by Gasteiger charge is 2.13. The van der Waals surface area contributed by atoms with Crippen LogP contribution in [0.1, 0.15) is 30.0 Å². The highest BCUT2D eigenvalue weighted by molar-refractivity contribution is 7.10. The van der Waals surface area contributed by atoms with Crippen molar-refractivity contribution >= 4 is 34.2 Å². The Kier molecular flexibility index (Phi) is 6.20. The van der Waals surface area contributed by atoms with Crippen LogP contribution >= 0.6 is 11.3 Å². The SMILES string of the molecule is CC(NC(=O)C=Cc1cn(CCC#N)c2ccccc12)c1nc(-c2ccncc2)cs1. The number of aryl methyl sites for hydroxylation is 1. The van der Waals surface area contributed by atoms with E-state index in [0.717, 1.165) is 32.7 Å². The van der Waals surface area contributed by atoms with Crippen molar-refractivity contribution in [2.75, 3.05) is 0 Å².